The lowest BCUT2D eigenvalue weighted by molar-refractivity contribution is 0.0473. The van der Waals surface area contributed by atoms with Gasteiger partial charge in [0.15, 0.2) is 0 Å². The zero-order valence-electron chi connectivity index (χ0n) is 10.3. The molecule has 0 radical (unpaired) electrons. The second-order valence-electron chi connectivity index (χ2n) is 4.93. The van der Waals surface area contributed by atoms with Gasteiger partial charge in [-0.15, -0.1) is 0 Å². The summed E-state index contributed by atoms with van der Waals surface area (Å²) in [4.78, 5) is 35.7. The quantitative estimate of drug-likeness (QED) is 0.695. The number of nitrogens with zero attached hydrogens (tertiary/aromatic N) is 2. The molecule has 0 unspecified atom stereocenters. The molecule has 19 heavy (non-hydrogen) atoms. The topological polar surface area (TPSA) is 97.1 Å². The van der Waals surface area contributed by atoms with E-state index in [0.717, 1.165) is 4.68 Å². The van der Waals surface area contributed by atoms with Crippen LogP contribution in [-0.4, -0.2) is 25.6 Å². The first-order chi connectivity index (χ1) is 8.97. The van der Waals surface area contributed by atoms with Crippen molar-refractivity contribution in [2.24, 2.45) is 7.05 Å². The minimum Gasteiger partial charge on any atom is -0.393 e. The predicted molar refractivity (Wildman–Crippen MR) is 68.3 cm³/mol. The molecular weight excluding hydrogens is 250 g/mol. The van der Waals surface area contributed by atoms with E-state index in [1.54, 1.807) is 0 Å². The second kappa shape index (κ2) is 3.92. The number of aliphatic hydroxyl groups is 1. The standard InChI is InChI=1S/C12H13N3O4/c1-14-12(19)8-4-10(17)15(6-2-7(16)3-6)5-9(8)11(18)13-14/h4-7,16H,2-3H2,1H3,(H,13,18). The van der Waals surface area contributed by atoms with Crippen molar-refractivity contribution in [3.8, 4) is 0 Å². The molecule has 0 aromatic carbocycles. The van der Waals surface area contributed by atoms with Crippen LogP contribution in [0.4, 0.5) is 0 Å². The number of hydrogen-bond acceptors (Lipinski definition) is 4. The average molecular weight is 263 g/mol. The molecule has 100 valence electrons. The van der Waals surface area contributed by atoms with E-state index in [-0.39, 0.29) is 22.4 Å². The van der Waals surface area contributed by atoms with Crippen LogP contribution in [0.2, 0.25) is 0 Å². The fraction of sp³-hybridized carbons (Fsp3) is 0.417. The van der Waals surface area contributed by atoms with E-state index in [0.29, 0.717) is 12.8 Å². The normalized spacial score (nSPS) is 22.4. The van der Waals surface area contributed by atoms with Gasteiger partial charge in [0.2, 0.25) is 0 Å². The van der Waals surface area contributed by atoms with Gasteiger partial charge in [-0.05, 0) is 12.8 Å². The Kier molecular flexibility index (Phi) is 2.46. The molecule has 0 bridgehead atoms. The summed E-state index contributed by atoms with van der Waals surface area (Å²) in [5, 5.41) is 12.0. The van der Waals surface area contributed by atoms with Crippen LogP contribution in [-0.2, 0) is 7.05 Å². The van der Waals surface area contributed by atoms with Gasteiger partial charge in [0, 0.05) is 25.4 Å². The zero-order valence-corrected chi connectivity index (χ0v) is 10.3. The Morgan fingerprint density at radius 3 is 2.58 bits per heavy atom. The van der Waals surface area contributed by atoms with Crippen LogP contribution >= 0.6 is 0 Å². The van der Waals surface area contributed by atoms with Crippen molar-refractivity contribution in [3.05, 3.63) is 43.3 Å². The number of rotatable bonds is 1. The molecule has 7 nitrogen and oxygen atoms in total. The SMILES string of the molecule is Cn1[nH]c(=O)c2cn(C3CC(O)C3)c(=O)cc2c1=O. The number of nitrogens with one attached hydrogen (secondary N) is 1. The van der Waals surface area contributed by atoms with Crippen LogP contribution in [0.5, 0.6) is 0 Å². The van der Waals surface area contributed by atoms with Crippen molar-refractivity contribution in [1.29, 1.82) is 0 Å². The molecule has 2 aromatic rings. The van der Waals surface area contributed by atoms with Crippen LogP contribution in [0.15, 0.2) is 26.6 Å². The summed E-state index contributed by atoms with van der Waals surface area (Å²) in [5.41, 5.74) is -1.15. The number of aromatic amines is 1. The number of pyridine rings is 1. The highest BCUT2D eigenvalue weighted by Crippen LogP contribution is 2.30. The Morgan fingerprint density at radius 2 is 1.95 bits per heavy atom. The van der Waals surface area contributed by atoms with Crippen LogP contribution in [0.3, 0.4) is 0 Å². The Hall–Kier alpha value is -2.15. The molecule has 0 aliphatic heterocycles. The third-order valence-electron chi connectivity index (χ3n) is 3.61. The van der Waals surface area contributed by atoms with Crippen LogP contribution in [0.1, 0.15) is 18.9 Å². The highest BCUT2D eigenvalue weighted by Gasteiger charge is 2.29. The van der Waals surface area contributed by atoms with Crippen LogP contribution in [0, 0.1) is 0 Å². The van der Waals surface area contributed by atoms with Crippen LogP contribution < -0.4 is 16.7 Å². The maximum atomic E-state index is 12.0. The number of aromatic nitrogens is 3. The third kappa shape index (κ3) is 1.74. The monoisotopic (exact) mass is 263 g/mol. The molecule has 1 aliphatic rings. The molecule has 0 amide bonds. The maximum absolute atomic E-state index is 12.0. The summed E-state index contributed by atoms with van der Waals surface area (Å²) < 4.78 is 2.48. The predicted octanol–water partition coefficient (Wildman–Crippen LogP) is -0.916. The Morgan fingerprint density at radius 1 is 1.26 bits per heavy atom. The first-order valence-electron chi connectivity index (χ1n) is 6.00. The van der Waals surface area contributed by atoms with Gasteiger partial charge >= 0.3 is 0 Å². The smallest absolute Gasteiger partial charge is 0.273 e. The van der Waals surface area contributed by atoms with Gasteiger partial charge in [-0.1, -0.05) is 0 Å². The van der Waals surface area contributed by atoms with Gasteiger partial charge in [-0.25, -0.2) is 0 Å². The Labute approximate surface area is 106 Å². The molecule has 1 fully saturated rings. The van der Waals surface area contributed by atoms with E-state index in [9.17, 15) is 19.5 Å². The minimum absolute atomic E-state index is 0.102. The number of aliphatic hydroxyl groups excluding tert-OH is 1. The summed E-state index contributed by atoms with van der Waals surface area (Å²) in [6.45, 7) is 0. The van der Waals surface area contributed by atoms with Crippen molar-refractivity contribution in [2.75, 3.05) is 0 Å². The van der Waals surface area contributed by atoms with Gasteiger partial charge in [0.05, 0.1) is 16.9 Å². The first kappa shape index (κ1) is 11.9. The van der Waals surface area contributed by atoms with E-state index < -0.39 is 17.2 Å². The van der Waals surface area contributed by atoms with E-state index in [1.165, 1.54) is 23.9 Å². The molecule has 2 heterocycles. The van der Waals surface area contributed by atoms with Gasteiger partial charge in [0.1, 0.15) is 0 Å². The minimum atomic E-state index is -0.411. The molecular formula is C12H13N3O4. The number of aryl methyl sites for hydroxylation is 1. The summed E-state index contributed by atoms with van der Waals surface area (Å²) in [6.07, 6.45) is 2.01. The molecule has 0 spiro atoms. The number of fused-ring (bicyclic) bond motifs is 1. The fourth-order valence-electron chi connectivity index (χ4n) is 2.42. The molecule has 2 N–H and O–H groups in total. The van der Waals surface area contributed by atoms with Crippen molar-refractivity contribution >= 4 is 10.8 Å². The lowest BCUT2D eigenvalue weighted by Crippen LogP contribution is -2.37. The van der Waals surface area contributed by atoms with Crippen molar-refractivity contribution in [3.63, 3.8) is 0 Å². The summed E-state index contributed by atoms with van der Waals surface area (Å²) in [7, 11) is 1.43. The third-order valence-corrected chi connectivity index (χ3v) is 3.61. The average Bonchev–Trinajstić information content (AvgIpc) is 2.32. The molecule has 0 saturated heterocycles. The number of hydrogen-bond donors (Lipinski definition) is 2. The highest BCUT2D eigenvalue weighted by atomic mass is 16.3. The van der Waals surface area contributed by atoms with Gasteiger partial charge in [-0.3, -0.25) is 24.2 Å². The largest absolute Gasteiger partial charge is 0.393 e. The first-order valence-corrected chi connectivity index (χ1v) is 6.00. The summed E-state index contributed by atoms with van der Waals surface area (Å²) >= 11 is 0. The maximum Gasteiger partial charge on any atom is 0.273 e. The molecule has 2 aromatic heterocycles. The number of H-pyrrole nitrogens is 1. The molecule has 7 heteroatoms. The molecule has 1 aliphatic carbocycles. The second-order valence-corrected chi connectivity index (χ2v) is 4.93. The van der Waals surface area contributed by atoms with Crippen LogP contribution in [0.25, 0.3) is 10.8 Å². The lowest BCUT2D eigenvalue weighted by atomic mass is 9.89. The highest BCUT2D eigenvalue weighted by molar-refractivity contribution is 5.79. The Balaban J connectivity index is 2.29. The van der Waals surface area contributed by atoms with E-state index in [1.807, 2.05) is 0 Å². The lowest BCUT2D eigenvalue weighted by Gasteiger charge is -2.32. The zero-order chi connectivity index (χ0) is 13.7. The van der Waals surface area contributed by atoms with Gasteiger partial charge in [-0.2, -0.15) is 0 Å². The van der Waals surface area contributed by atoms with Crippen molar-refractivity contribution in [2.45, 2.75) is 25.0 Å². The van der Waals surface area contributed by atoms with Gasteiger partial charge < -0.3 is 9.67 Å². The molecule has 1 saturated carbocycles. The van der Waals surface area contributed by atoms with Crippen molar-refractivity contribution < 1.29 is 5.11 Å². The van der Waals surface area contributed by atoms with E-state index in [2.05, 4.69) is 5.10 Å². The Bertz CT molecular complexity index is 823. The molecule has 3 rings (SSSR count). The fourth-order valence-corrected chi connectivity index (χ4v) is 2.42. The van der Waals surface area contributed by atoms with E-state index >= 15 is 0 Å². The van der Waals surface area contributed by atoms with Gasteiger partial charge in [0.25, 0.3) is 16.7 Å². The molecule has 0 atom stereocenters. The summed E-state index contributed by atoms with van der Waals surface area (Å²) in [5.74, 6) is 0. The summed E-state index contributed by atoms with van der Waals surface area (Å²) in [6, 6.07) is 1.09. The van der Waals surface area contributed by atoms with Crippen molar-refractivity contribution in [1.82, 2.24) is 14.3 Å². The van der Waals surface area contributed by atoms with E-state index in [4.69, 9.17) is 0 Å².